The molecule has 0 aromatic rings. The second kappa shape index (κ2) is 4.30. The highest BCUT2D eigenvalue weighted by Gasteiger charge is 2.41. The van der Waals surface area contributed by atoms with E-state index in [2.05, 4.69) is 23.8 Å². The molecule has 2 heteroatoms. The molecular weight excluding hydrogens is 196 g/mol. The molecule has 1 saturated carbocycles. The van der Waals surface area contributed by atoms with E-state index in [-0.39, 0.29) is 0 Å². The van der Waals surface area contributed by atoms with Crippen LogP contribution in [0.2, 0.25) is 0 Å². The summed E-state index contributed by atoms with van der Waals surface area (Å²) >= 11 is 0. The number of fused-ring (bicyclic) bond motifs is 1. The minimum atomic E-state index is 0.875. The van der Waals surface area contributed by atoms with Gasteiger partial charge in [-0.2, -0.15) is 0 Å². The van der Waals surface area contributed by atoms with Crippen LogP contribution in [0.25, 0.3) is 0 Å². The third-order valence-corrected chi connectivity index (χ3v) is 5.13. The lowest BCUT2D eigenvalue weighted by molar-refractivity contribution is 0.124. The molecule has 3 rings (SSSR count). The molecule has 0 aromatic heterocycles. The molecule has 3 unspecified atom stereocenters. The molecule has 3 fully saturated rings. The van der Waals surface area contributed by atoms with E-state index >= 15 is 0 Å². The maximum absolute atomic E-state index is 2.82. The lowest BCUT2D eigenvalue weighted by Crippen LogP contribution is -2.46. The van der Waals surface area contributed by atoms with Crippen LogP contribution < -0.4 is 0 Å². The summed E-state index contributed by atoms with van der Waals surface area (Å²) in [4.78, 5) is 5.34. The van der Waals surface area contributed by atoms with Crippen LogP contribution in [0.3, 0.4) is 0 Å². The SMILES string of the molecule is CC1CC2CN(C3CCCN(C)C3)CC2C1. The number of piperidine rings is 1. The Morgan fingerprint density at radius 2 is 1.69 bits per heavy atom. The first-order valence-corrected chi connectivity index (χ1v) is 7.15. The normalized spacial score (nSPS) is 46.1. The summed E-state index contributed by atoms with van der Waals surface area (Å²) in [6.07, 6.45) is 5.86. The van der Waals surface area contributed by atoms with Crippen molar-refractivity contribution in [3.8, 4) is 0 Å². The van der Waals surface area contributed by atoms with Gasteiger partial charge < -0.3 is 4.90 Å². The van der Waals surface area contributed by atoms with E-state index in [0.717, 1.165) is 23.8 Å². The third-order valence-electron chi connectivity index (χ3n) is 5.13. The van der Waals surface area contributed by atoms with Crippen molar-refractivity contribution in [2.45, 2.75) is 38.6 Å². The van der Waals surface area contributed by atoms with Crippen LogP contribution in [0, 0.1) is 17.8 Å². The Labute approximate surface area is 100.0 Å². The molecule has 0 radical (unpaired) electrons. The van der Waals surface area contributed by atoms with Crippen molar-refractivity contribution in [1.29, 1.82) is 0 Å². The molecule has 2 aliphatic heterocycles. The van der Waals surface area contributed by atoms with Crippen LogP contribution in [0.5, 0.6) is 0 Å². The summed E-state index contributed by atoms with van der Waals surface area (Å²) in [6, 6.07) is 0.875. The zero-order chi connectivity index (χ0) is 11.1. The van der Waals surface area contributed by atoms with Crippen LogP contribution in [0.4, 0.5) is 0 Å². The highest BCUT2D eigenvalue weighted by atomic mass is 15.2. The van der Waals surface area contributed by atoms with Crippen LogP contribution in [0.1, 0.15) is 32.6 Å². The minimum absolute atomic E-state index is 0.875. The van der Waals surface area contributed by atoms with Gasteiger partial charge in [0.15, 0.2) is 0 Å². The molecule has 3 atom stereocenters. The Morgan fingerprint density at radius 1 is 1.00 bits per heavy atom. The average Bonchev–Trinajstić information content (AvgIpc) is 2.74. The third kappa shape index (κ3) is 2.02. The van der Waals surface area contributed by atoms with Crippen molar-refractivity contribution in [3.63, 3.8) is 0 Å². The molecule has 0 bridgehead atoms. The molecule has 92 valence electrons. The van der Waals surface area contributed by atoms with Gasteiger partial charge >= 0.3 is 0 Å². The van der Waals surface area contributed by atoms with Crippen molar-refractivity contribution in [1.82, 2.24) is 9.80 Å². The van der Waals surface area contributed by atoms with Gasteiger partial charge in [0.25, 0.3) is 0 Å². The highest BCUT2D eigenvalue weighted by molar-refractivity contribution is 4.94. The molecule has 0 amide bonds. The van der Waals surface area contributed by atoms with Gasteiger partial charge in [-0.1, -0.05) is 6.92 Å². The second-order valence-electron chi connectivity index (χ2n) is 6.61. The van der Waals surface area contributed by atoms with Crippen LogP contribution in [-0.4, -0.2) is 49.1 Å². The van der Waals surface area contributed by atoms with E-state index in [9.17, 15) is 0 Å². The maximum Gasteiger partial charge on any atom is 0.0223 e. The van der Waals surface area contributed by atoms with E-state index in [1.54, 1.807) is 0 Å². The van der Waals surface area contributed by atoms with Gasteiger partial charge in [-0.25, -0.2) is 0 Å². The van der Waals surface area contributed by atoms with Crippen LogP contribution >= 0.6 is 0 Å². The van der Waals surface area contributed by atoms with E-state index < -0.39 is 0 Å². The molecule has 2 heterocycles. The Hall–Kier alpha value is -0.0800. The number of likely N-dealkylation sites (N-methyl/N-ethyl adjacent to an activating group) is 1. The van der Waals surface area contributed by atoms with Gasteiger partial charge in [0.05, 0.1) is 0 Å². The molecular formula is C14H26N2. The topological polar surface area (TPSA) is 6.48 Å². The van der Waals surface area contributed by atoms with Gasteiger partial charge in [0.1, 0.15) is 0 Å². The van der Waals surface area contributed by atoms with Gasteiger partial charge in [-0.05, 0) is 57.0 Å². The fraction of sp³-hybridized carbons (Fsp3) is 1.00. The maximum atomic E-state index is 2.82. The van der Waals surface area contributed by atoms with Gasteiger partial charge in [-0.3, -0.25) is 4.90 Å². The Bertz CT molecular complexity index is 239. The van der Waals surface area contributed by atoms with E-state index in [0.29, 0.717) is 0 Å². The molecule has 0 N–H and O–H groups in total. The first-order chi connectivity index (χ1) is 7.72. The fourth-order valence-electron chi connectivity index (χ4n) is 4.37. The monoisotopic (exact) mass is 222 g/mol. The first kappa shape index (κ1) is 11.0. The molecule has 16 heavy (non-hydrogen) atoms. The average molecular weight is 222 g/mol. The number of hydrogen-bond donors (Lipinski definition) is 0. The highest BCUT2D eigenvalue weighted by Crippen LogP contribution is 2.42. The first-order valence-electron chi connectivity index (χ1n) is 7.15. The zero-order valence-electron chi connectivity index (χ0n) is 10.9. The van der Waals surface area contributed by atoms with E-state index in [1.165, 1.54) is 51.9 Å². The smallest absolute Gasteiger partial charge is 0.0223 e. The summed E-state index contributed by atoms with van der Waals surface area (Å²) in [5, 5.41) is 0. The summed E-state index contributed by atoms with van der Waals surface area (Å²) in [7, 11) is 2.28. The number of likely N-dealkylation sites (tertiary alicyclic amines) is 2. The van der Waals surface area contributed by atoms with Crippen molar-refractivity contribution < 1.29 is 0 Å². The molecule has 2 nitrogen and oxygen atoms in total. The van der Waals surface area contributed by atoms with Crippen molar-refractivity contribution in [3.05, 3.63) is 0 Å². The van der Waals surface area contributed by atoms with Crippen LogP contribution in [0.15, 0.2) is 0 Å². The Morgan fingerprint density at radius 3 is 2.31 bits per heavy atom. The summed E-state index contributed by atoms with van der Waals surface area (Å²) < 4.78 is 0. The Balaban J connectivity index is 1.58. The molecule has 2 saturated heterocycles. The second-order valence-corrected chi connectivity index (χ2v) is 6.61. The molecule has 0 aromatic carbocycles. The van der Waals surface area contributed by atoms with Crippen molar-refractivity contribution in [2.75, 3.05) is 33.2 Å². The number of nitrogens with zero attached hydrogens (tertiary/aromatic N) is 2. The van der Waals surface area contributed by atoms with Gasteiger partial charge in [0.2, 0.25) is 0 Å². The molecule has 1 aliphatic carbocycles. The van der Waals surface area contributed by atoms with Crippen molar-refractivity contribution >= 4 is 0 Å². The number of hydrogen-bond acceptors (Lipinski definition) is 2. The van der Waals surface area contributed by atoms with Crippen LogP contribution in [-0.2, 0) is 0 Å². The largest absolute Gasteiger partial charge is 0.305 e. The van der Waals surface area contributed by atoms with Gasteiger partial charge in [-0.15, -0.1) is 0 Å². The number of rotatable bonds is 1. The predicted octanol–water partition coefficient (Wildman–Crippen LogP) is 2.06. The Kier molecular flexibility index (Phi) is 2.97. The molecule has 0 spiro atoms. The minimum Gasteiger partial charge on any atom is -0.305 e. The zero-order valence-corrected chi connectivity index (χ0v) is 10.9. The van der Waals surface area contributed by atoms with E-state index in [1.807, 2.05) is 0 Å². The van der Waals surface area contributed by atoms with Gasteiger partial charge in [0, 0.05) is 25.7 Å². The summed E-state index contributed by atoms with van der Waals surface area (Å²) in [6.45, 7) is 7.89. The quantitative estimate of drug-likeness (QED) is 0.670. The standard InChI is InChI=1S/C14H26N2/c1-11-6-12-8-16(9-13(12)7-11)14-4-3-5-15(2)10-14/h11-14H,3-10H2,1-2H3. The summed E-state index contributed by atoms with van der Waals surface area (Å²) in [5.41, 5.74) is 0. The van der Waals surface area contributed by atoms with E-state index in [4.69, 9.17) is 0 Å². The lowest BCUT2D eigenvalue weighted by atomic mass is 10.0. The fourth-order valence-corrected chi connectivity index (χ4v) is 4.37. The van der Waals surface area contributed by atoms with Crippen molar-refractivity contribution in [2.24, 2.45) is 17.8 Å². The summed E-state index contributed by atoms with van der Waals surface area (Å²) in [5.74, 6) is 3.09. The predicted molar refractivity (Wildman–Crippen MR) is 67.5 cm³/mol. The lowest BCUT2D eigenvalue weighted by Gasteiger charge is -2.36. The molecule has 3 aliphatic rings.